The first-order valence-corrected chi connectivity index (χ1v) is 10.5. The monoisotopic (exact) mass is 378 g/mol. The lowest BCUT2D eigenvalue weighted by Gasteiger charge is -2.33. The van der Waals surface area contributed by atoms with Gasteiger partial charge < -0.3 is 9.51 Å². The first-order valence-electron chi connectivity index (χ1n) is 10.5. The second-order valence-electron chi connectivity index (χ2n) is 8.71. The van der Waals surface area contributed by atoms with Crippen molar-refractivity contribution >= 4 is 5.52 Å². The summed E-state index contributed by atoms with van der Waals surface area (Å²) < 4.78 is 15.6. The van der Waals surface area contributed by atoms with Gasteiger partial charge in [-0.05, 0) is 92.0 Å². The van der Waals surface area contributed by atoms with E-state index in [9.17, 15) is 9.50 Å². The van der Waals surface area contributed by atoms with E-state index in [-0.39, 0.29) is 11.7 Å². The van der Waals surface area contributed by atoms with E-state index in [4.69, 9.17) is 0 Å². The summed E-state index contributed by atoms with van der Waals surface area (Å²) in [6.45, 7) is 1.83. The molecule has 0 aliphatic heterocycles. The number of aliphatic hydroxyl groups is 1. The number of nitrogens with zero attached hydrogens (tertiary/aromatic N) is 2. The van der Waals surface area contributed by atoms with Gasteiger partial charge in [-0.2, -0.15) is 0 Å². The van der Waals surface area contributed by atoms with E-state index < -0.39 is 6.10 Å². The average molecular weight is 378 g/mol. The summed E-state index contributed by atoms with van der Waals surface area (Å²) in [6.07, 6.45) is 11.9. The molecule has 2 heterocycles. The largest absolute Gasteiger partial charge is 0.388 e. The lowest BCUT2D eigenvalue weighted by molar-refractivity contribution is 0.0810. The summed E-state index contributed by atoms with van der Waals surface area (Å²) in [5.41, 5.74) is 5.43. The molecule has 1 N–H and O–H groups in total. The molecule has 1 atom stereocenters. The zero-order valence-corrected chi connectivity index (χ0v) is 16.3. The van der Waals surface area contributed by atoms with E-state index in [0.29, 0.717) is 11.8 Å². The summed E-state index contributed by atoms with van der Waals surface area (Å²) in [6, 6.07) is 7.70. The lowest BCUT2D eigenvalue weighted by atomic mass is 9.74. The smallest absolute Gasteiger partial charge is 0.126 e. The Hall–Kier alpha value is -2.20. The van der Waals surface area contributed by atoms with Gasteiger partial charge in [-0.15, -0.1) is 0 Å². The summed E-state index contributed by atoms with van der Waals surface area (Å²) in [5, 5.41) is 11.4. The van der Waals surface area contributed by atoms with Crippen molar-refractivity contribution < 1.29 is 9.50 Å². The van der Waals surface area contributed by atoms with Crippen LogP contribution in [-0.2, 0) is 0 Å². The highest BCUT2D eigenvalue weighted by Gasteiger charge is 2.34. The molecular weight excluding hydrogens is 351 g/mol. The third kappa shape index (κ3) is 3.14. The lowest BCUT2D eigenvalue weighted by Crippen LogP contribution is -2.21. The van der Waals surface area contributed by atoms with Gasteiger partial charge >= 0.3 is 0 Å². The quantitative estimate of drug-likeness (QED) is 0.635. The highest BCUT2D eigenvalue weighted by atomic mass is 19.1. The molecule has 2 saturated carbocycles. The number of fused-ring (bicyclic) bond motifs is 1. The third-order valence-corrected chi connectivity index (χ3v) is 6.85. The van der Waals surface area contributed by atoms with Gasteiger partial charge in [-0.1, -0.05) is 12.1 Å². The maximum Gasteiger partial charge on any atom is 0.126 e. The van der Waals surface area contributed by atoms with Crippen molar-refractivity contribution in [3.05, 3.63) is 71.1 Å². The fourth-order valence-corrected chi connectivity index (χ4v) is 5.03. The van der Waals surface area contributed by atoms with Crippen LogP contribution in [0.5, 0.6) is 0 Å². The molecule has 0 saturated heterocycles. The maximum absolute atomic E-state index is 13.6. The summed E-state index contributed by atoms with van der Waals surface area (Å²) >= 11 is 0. The number of hydrogen-bond acceptors (Lipinski definition) is 2. The van der Waals surface area contributed by atoms with Crippen LogP contribution >= 0.6 is 0 Å². The first-order chi connectivity index (χ1) is 13.6. The Morgan fingerprint density at radius 1 is 1.07 bits per heavy atom. The zero-order chi connectivity index (χ0) is 19.3. The number of hydrogen-bond donors (Lipinski definition) is 1. The Kier molecular flexibility index (Phi) is 4.47. The standard InChI is InChI=1S/C24H27FN2O/c1-15-12-19(8-9-21(15)25)16-2-6-18(7-3-16)24(28)23-20(17-4-5-17)10-11-27-14-26-13-22(23)27/h8-14,16-18,24,28H,2-7H2,1H3. The molecule has 2 aromatic heterocycles. The predicted molar refractivity (Wildman–Crippen MR) is 108 cm³/mol. The number of aryl methyl sites for hydroxylation is 1. The number of aliphatic hydroxyl groups excluding tert-OH is 1. The fraction of sp³-hybridized carbons (Fsp3) is 0.458. The molecule has 3 aromatic rings. The van der Waals surface area contributed by atoms with E-state index in [1.165, 1.54) is 24.0 Å². The Bertz CT molecular complexity index is 999. The van der Waals surface area contributed by atoms with Gasteiger partial charge in [0.2, 0.25) is 0 Å². The topological polar surface area (TPSA) is 37.5 Å². The minimum atomic E-state index is -0.438. The second-order valence-corrected chi connectivity index (χ2v) is 8.71. The van der Waals surface area contributed by atoms with E-state index >= 15 is 0 Å². The first kappa shape index (κ1) is 17.9. The Balaban J connectivity index is 1.37. The van der Waals surface area contributed by atoms with Crippen molar-refractivity contribution in [3.8, 4) is 0 Å². The number of halogens is 1. The Labute approximate surface area is 165 Å². The molecule has 1 aromatic carbocycles. The Morgan fingerprint density at radius 2 is 1.82 bits per heavy atom. The van der Waals surface area contributed by atoms with Crippen molar-refractivity contribution in [2.24, 2.45) is 5.92 Å². The van der Waals surface area contributed by atoms with Crippen molar-refractivity contribution in [2.75, 3.05) is 0 Å². The van der Waals surface area contributed by atoms with E-state index in [1.807, 2.05) is 36.0 Å². The molecule has 0 spiro atoms. The molecule has 0 bridgehead atoms. The second kappa shape index (κ2) is 7.00. The minimum Gasteiger partial charge on any atom is -0.388 e. The molecule has 2 fully saturated rings. The molecule has 1 unspecified atom stereocenters. The van der Waals surface area contributed by atoms with Gasteiger partial charge in [0.15, 0.2) is 0 Å². The van der Waals surface area contributed by atoms with Crippen LogP contribution < -0.4 is 0 Å². The number of benzene rings is 1. The van der Waals surface area contributed by atoms with Gasteiger partial charge in [-0.3, -0.25) is 0 Å². The molecule has 4 heteroatoms. The van der Waals surface area contributed by atoms with Crippen LogP contribution in [0.25, 0.3) is 5.52 Å². The van der Waals surface area contributed by atoms with Crippen LogP contribution in [0.15, 0.2) is 43.0 Å². The van der Waals surface area contributed by atoms with Crippen molar-refractivity contribution in [1.82, 2.24) is 9.38 Å². The Morgan fingerprint density at radius 3 is 2.54 bits per heavy atom. The molecule has 28 heavy (non-hydrogen) atoms. The van der Waals surface area contributed by atoms with E-state index in [2.05, 4.69) is 17.2 Å². The number of rotatable bonds is 4. The molecule has 0 amide bonds. The zero-order valence-electron chi connectivity index (χ0n) is 16.3. The predicted octanol–water partition coefficient (Wildman–Crippen LogP) is 5.67. The SMILES string of the molecule is Cc1cc(C2CCC(C(O)c3c(C4CC4)ccn4cncc34)CC2)ccc1F. The van der Waals surface area contributed by atoms with Crippen LogP contribution in [0.1, 0.15) is 78.7 Å². The molecule has 2 aliphatic rings. The average Bonchev–Trinajstić information content (AvgIpc) is 3.45. The fourth-order valence-electron chi connectivity index (χ4n) is 5.03. The summed E-state index contributed by atoms with van der Waals surface area (Å²) in [4.78, 5) is 4.30. The van der Waals surface area contributed by atoms with Crippen molar-refractivity contribution in [3.63, 3.8) is 0 Å². The summed E-state index contributed by atoms with van der Waals surface area (Å²) in [7, 11) is 0. The molecular formula is C24H27FN2O. The van der Waals surface area contributed by atoms with Crippen LogP contribution in [0.3, 0.4) is 0 Å². The van der Waals surface area contributed by atoms with Gasteiger partial charge in [0, 0.05) is 11.8 Å². The number of aromatic nitrogens is 2. The summed E-state index contributed by atoms with van der Waals surface area (Å²) in [5.74, 6) is 1.21. The van der Waals surface area contributed by atoms with Gasteiger partial charge in [-0.25, -0.2) is 9.37 Å². The highest BCUT2D eigenvalue weighted by molar-refractivity contribution is 5.59. The van der Waals surface area contributed by atoms with Gasteiger partial charge in [0.25, 0.3) is 0 Å². The normalized spacial score (nSPS) is 23.8. The molecule has 146 valence electrons. The molecule has 3 nitrogen and oxygen atoms in total. The van der Waals surface area contributed by atoms with Crippen LogP contribution in [0.4, 0.5) is 4.39 Å². The maximum atomic E-state index is 13.6. The number of pyridine rings is 1. The van der Waals surface area contributed by atoms with E-state index in [0.717, 1.165) is 42.3 Å². The van der Waals surface area contributed by atoms with Gasteiger partial charge in [0.05, 0.1) is 24.1 Å². The van der Waals surface area contributed by atoms with Gasteiger partial charge in [0.1, 0.15) is 5.82 Å². The highest BCUT2D eigenvalue weighted by Crippen LogP contribution is 2.48. The molecule has 2 aliphatic carbocycles. The van der Waals surface area contributed by atoms with Crippen LogP contribution in [0.2, 0.25) is 0 Å². The van der Waals surface area contributed by atoms with Crippen molar-refractivity contribution in [2.45, 2.75) is 63.4 Å². The molecule has 0 radical (unpaired) electrons. The van der Waals surface area contributed by atoms with Crippen LogP contribution in [0, 0.1) is 18.7 Å². The molecule has 5 rings (SSSR count). The third-order valence-electron chi connectivity index (χ3n) is 6.85. The van der Waals surface area contributed by atoms with Crippen LogP contribution in [-0.4, -0.2) is 14.5 Å². The van der Waals surface area contributed by atoms with E-state index in [1.54, 1.807) is 6.07 Å². The number of imidazole rings is 1. The van der Waals surface area contributed by atoms with Crippen molar-refractivity contribution in [1.29, 1.82) is 0 Å². The minimum absolute atomic E-state index is 0.130.